The van der Waals surface area contributed by atoms with Crippen LogP contribution in [0.1, 0.15) is 74.1 Å². The Labute approximate surface area is 301 Å². The van der Waals surface area contributed by atoms with Crippen LogP contribution >= 0.6 is 0 Å². The van der Waals surface area contributed by atoms with E-state index >= 15 is 0 Å². The first-order chi connectivity index (χ1) is 22.6. The Morgan fingerprint density at radius 1 is 1.20 bits per heavy atom. The molecule has 1 unspecified atom stereocenters. The van der Waals surface area contributed by atoms with Crippen LogP contribution in [0.5, 0.6) is 0 Å². The van der Waals surface area contributed by atoms with E-state index in [1.807, 2.05) is 61.9 Å². The van der Waals surface area contributed by atoms with Crippen LogP contribution in [0.25, 0.3) is 22.2 Å². The predicted molar refractivity (Wildman–Crippen MR) is 197 cm³/mol. The molecule has 1 amide bonds. The van der Waals surface area contributed by atoms with Crippen LogP contribution in [0.15, 0.2) is 77.7 Å². The number of benzene rings is 2. The van der Waals surface area contributed by atoms with E-state index in [-0.39, 0.29) is 32.8 Å². The Hall–Kier alpha value is -4.98. The van der Waals surface area contributed by atoms with Crippen molar-refractivity contribution in [3.8, 4) is 0 Å². The van der Waals surface area contributed by atoms with Gasteiger partial charge in [-0.2, -0.15) is 17.5 Å². The number of fused-ring (bicyclic) bond motifs is 1. The second-order valence-electron chi connectivity index (χ2n) is 11.5. The maximum Gasteiger partial charge on any atom is 0.330 e. The van der Waals surface area contributed by atoms with Crippen LogP contribution in [-0.2, 0) is 25.9 Å². The Morgan fingerprint density at radius 3 is 2.63 bits per heavy atom. The van der Waals surface area contributed by atoms with Gasteiger partial charge in [0, 0.05) is 53.1 Å². The maximum atomic E-state index is 12.1. The number of nitrogens with one attached hydrogen (secondary N) is 4. The number of carbonyl (C=O) groups is 2. The van der Waals surface area contributed by atoms with E-state index in [0.717, 1.165) is 58.6 Å². The number of carbonyl (C=O) groups excluding carboxylic acids is 2. The van der Waals surface area contributed by atoms with E-state index in [1.165, 1.54) is 0 Å². The molecule has 1 aliphatic heterocycles. The van der Waals surface area contributed by atoms with E-state index in [1.54, 1.807) is 26.5 Å². The van der Waals surface area contributed by atoms with Gasteiger partial charge in [0.25, 0.3) is 0 Å². The molecule has 2 heterocycles. The van der Waals surface area contributed by atoms with Crippen molar-refractivity contribution in [2.75, 3.05) is 26.7 Å². The number of rotatable bonds is 12. The van der Waals surface area contributed by atoms with Crippen molar-refractivity contribution < 1.29 is 30.7 Å². The number of aliphatic imine (C=N–C) groups is 2. The molecule has 4 N–H and O–H groups in total. The van der Waals surface area contributed by atoms with Crippen LogP contribution < -0.4 is 16.0 Å². The second-order valence-corrected chi connectivity index (χ2v) is 11.5. The fraction of sp³-hybridized carbons (Fsp3) is 0.324. The van der Waals surface area contributed by atoms with Crippen molar-refractivity contribution in [1.29, 1.82) is 0 Å². The molecule has 2 radical (unpaired) electrons. The van der Waals surface area contributed by atoms with Gasteiger partial charge in [-0.3, -0.25) is 14.6 Å². The molecule has 9 nitrogen and oxygen atoms in total. The first kappa shape index (κ1) is 42.0. The minimum atomic E-state index is 0. The number of nitrogens with zero attached hydrogens (tertiary/aromatic N) is 3. The van der Waals surface area contributed by atoms with E-state index in [2.05, 4.69) is 76.2 Å². The van der Waals surface area contributed by atoms with Crippen molar-refractivity contribution in [2.45, 2.75) is 47.0 Å². The van der Waals surface area contributed by atoms with Crippen LogP contribution in [0.2, 0.25) is 0 Å². The third-order valence-electron chi connectivity index (χ3n) is 7.63. The average Bonchev–Trinajstić information content (AvgIpc) is 3.49. The van der Waals surface area contributed by atoms with Crippen LogP contribution in [0.4, 0.5) is 0 Å². The van der Waals surface area contributed by atoms with Gasteiger partial charge in [-0.25, -0.2) is 11.0 Å². The van der Waals surface area contributed by atoms with Crippen molar-refractivity contribution in [3.63, 3.8) is 0 Å². The number of allylic oxidation sites excluding steroid dienone is 3. The monoisotopic (exact) mass is 1070 g/mol. The molecule has 4 rings (SSSR count). The summed E-state index contributed by atoms with van der Waals surface area (Å²) in [7, 11) is 3.56. The van der Waals surface area contributed by atoms with E-state index in [4.69, 9.17) is 0 Å². The van der Waals surface area contributed by atoms with Gasteiger partial charge in [-0.1, -0.05) is 68.7 Å². The summed E-state index contributed by atoms with van der Waals surface area (Å²) in [6.45, 7) is 17.4. The van der Waals surface area contributed by atoms with E-state index in [0.29, 0.717) is 36.7 Å². The number of ketones is 1. The predicted octanol–water partition coefficient (Wildman–Crippen LogP) is 5.96. The SMILES string of the molecule is C=C(C)c1c(C(C)=O)cccc1[C-](C)CN[B]N1CCCN=C[C-]=C(c2cc3ccccc3[nH]2)N=CN1.C=CC(C)CCC(=O)NC.[Es].[W]. The molecular formula is C37H47BEsN7O2W-2. The number of para-hydroxylation sites is 1. The van der Waals surface area contributed by atoms with Crippen LogP contribution in [0, 0.1) is 17.9 Å². The molecule has 0 bridgehead atoms. The van der Waals surface area contributed by atoms with Gasteiger partial charge in [0.05, 0.1) is 6.34 Å². The third-order valence-corrected chi connectivity index (χ3v) is 7.63. The number of hydrogen-bond acceptors (Lipinski definition) is 7. The number of hydrogen-bond donors (Lipinski definition) is 4. The number of H-pyrrole nitrogens is 1. The van der Waals surface area contributed by atoms with E-state index in [9.17, 15) is 9.59 Å². The summed E-state index contributed by atoms with van der Waals surface area (Å²) in [6, 6.07) is 16.0. The first-order valence-corrected chi connectivity index (χ1v) is 15.9. The number of amides is 1. The van der Waals surface area contributed by atoms with Gasteiger partial charge >= 0.3 is 7.55 Å². The van der Waals surface area contributed by atoms with Gasteiger partial charge in [0.1, 0.15) is 5.78 Å². The maximum absolute atomic E-state index is 12.1. The van der Waals surface area contributed by atoms with Gasteiger partial charge < -0.3 is 25.9 Å². The fourth-order valence-electron chi connectivity index (χ4n) is 4.89. The summed E-state index contributed by atoms with van der Waals surface area (Å²) in [4.78, 5) is 37.2. The molecule has 49 heavy (non-hydrogen) atoms. The fourth-order valence-corrected chi connectivity index (χ4v) is 4.89. The molecule has 0 saturated carbocycles. The molecule has 1 atom stereocenters. The standard InChI is InChI=1S/C29H32BN6O.C8H15NO.Es.W/c1-20(2)29-24(10-7-11-25(29)22(4)37)21(3)18-33-30-36-16-8-14-31-15-13-27(32-19-34-36)28-17-23-9-5-6-12-26(23)35-28;1-4-7(2)5-6-8(10)9-3;;/h5-7,9-12,15,17,19,33,35H,1,8,14,16,18H2,2-4H3,(H,32,34);4,7H,1,5-6H2,2-3H3,(H,9,10);;/q-2;;;. The first-order valence-electron chi connectivity index (χ1n) is 15.9. The minimum Gasteiger partial charge on any atom is -0.431 e. The average molecular weight is 1070 g/mol. The second kappa shape index (κ2) is 21.8. The van der Waals surface area contributed by atoms with Crippen molar-refractivity contribution in [3.05, 3.63) is 102 Å². The zero-order valence-corrected chi connectivity index (χ0v) is 34.5. The van der Waals surface area contributed by atoms with Gasteiger partial charge in [0.2, 0.25) is 5.91 Å². The molecule has 0 saturated heterocycles. The molecule has 0 fully saturated rings. The largest absolute Gasteiger partial charge is 0.431 e. The van der Waals surface area contributed by atoms with Crippen molar-refractivity contribution in [2.24, 2.45) is 15.9 Å². The van der Waals surface area contributed by atoms with Gasteiger partial charge in [-0.15, -0.1) is 36.4 Å². The molecule has 12 heteroatoms. The summed E-state index contributed by atoms with van der Waals surface area (Å²) in [6.07, 6.45) is 10.8. The van der Waals surface area contributed by atoms with Gasteiger partial charge in [0.15, 0.2) is 0 Å². The third kappa shape index (κ3) is 13.2. The summed E-state index contributed by atoms with van der Waals surface area (Å²) in [5.74, 6) is 1.71. The van der Waals surface area contributed by atoms with Crippen molar-refractivity contribution in [1.82, 2.24) is 25.9 Å². The molecule has 2 aromatic carbocycles. The minimum absolute atomic E-state index is 0. The van der Waals surface area contributed by atoms with Crippen molar-refractivity contribution >= 4 is 54.0 Å². The zero-order chi connectivity index (χ0) is 34.2. The topological polar surface area (TPSA) is 114 Å². The Morgan fingerprint density at radius 2 is 1.96 bits per heavy atom. The normalized spacial score (nSPS) is 13.4. The number of hydrazine groups is 1. The summed E-state index contributed by atoms with van der Waals surface area (Å²) < 4.78 is 0. The number of aromatic nitrogens is 1. The molecule has 0 aliphatic carbocycles. The van der Waals surface area contributed by atoms with Crippen LogP contribution in [0.3, 0.4) is 0 Å². The number of aromatic amines is 1. The molecule has 1 aromatic heterocycles. The number of Topliss-reactive ketones (excluding diaryl/α,β-unsaturated/α-hetero) is 1. The zero-order valence-electron chi connectivity index (χ0n) is 29.0. The molecule has 3 aromatic rings. The van der Waals surface area contributed by atoms with Crippen LogP contribution in [-0.4, -0.2) is 68.4 Å². The smallest absolute Gasteiger partial charge is 0.330 e. The molecule has 264 valence electrons. The molecule has 0 spiro atoms. The summed E-state index contributed by atoms with van der Waals surface area (Å²) in [5, 5.41) is 7.08. The molecule has 1 aliphatic rings. The Balaban J connectivity index is 0.000000873. The quantitative estimate of drug-likeness (QED) is 0.0776. The summed E-state index contributed by atoms with van der Waals surface area (Å²) >= 11 is 0. The van der Waals surface area contributed by atoms with E-state index < -0.39 is 0 Å². The van der Waals surface area contributed by atoms with Gasteiger partial charge in [-0.05, 0) is 49.2 Å². The molecular weight excluding hydrogens is 1020 g/mol. The Bertz CT molecular complexity index is 1590. The summed E-state index contributed by atoms with van der Waals surface area (Å²) in [5.41, 5.74) is 9.38. The Kier molecular flexibility index (Phi) is 18.7.